The molecule has 6 nitrogen and oxygen atoms in total. The van der Waals surface area contributed by atoms with Gasteiger partial charge < -0.3 is 5.11 Å². The second-order valence-corrected chi connectivity index (χ2v) is 4.26. The van der Waals surface area contributed by atoms with Crippen molar-refractivity contribution in [2.75, 3.05) is 0 Å². The van der Waals surface area contributed by atoms with Gasteiger partial charge in [-0.25, -0.2) is 9.67 Å². The molecule has 82 valence electrons. The molecule has 0 saturated heterocycles. The zero-order chi connectivity index (χ0) is 11.0. The van der Waals surface area contributed by atoms with Gasteiger partial charge >= 0.3 is 0 Å². The van der Waals surface area contributed by atoms with Gasteiger partial charge in [0.15, 0.2) is 4.96 Å². The molecule has 0 bridgehead atoms. The molecular formula is C9H9N5OS. The van der Waals surface area contributed by atoms with Crippen LogP contribution in [0.4, 0.5) is 0 Å². The zero-order valence-corrected chi connectivity index (χ0v) is 9.13. The average Bonchev–Trinajstić information content (AvgIpc) is 2.92. The number of hydrogen-bond donors (Lipinski definition) is 1. The molecule has 3 aromatic rings. The van der Waals surface area contributed by atoms with E-state index in [-0.39, 0.29) is 6.61 Å². The minimum absolute atomic E-state index is 0.0850. The van der Waals surface area contributed by atoms with Crippen molar-refractivity contribution in [3.8, 4) is 0 Å². The van der Waals surface area contributed by atoms with Crippen molar-refractivity contribution < 1.29 is 5.11 Å². The van der Waals surface area contributed by atoms with Crippen molar-refractivity contribution >= 4 is 16.3 Å². The number of hydrogen-bond acceptors (Lipinski definition) is 5. The van der Waals surface area contributed by atoms with Crippen molar-refractivity contribution in [2.24, 2.45) is 0 Å². The third-order valence-corrected chi connectivity index (χ3v) is 2.99. The Balaban J connectivity index is 1.86. The Morgan fingerprint density at radius 2 is 2.25 bits per heavy atom. The van der Waals surface area contributed by atoms with Crippen molar-refractivity contribution in [3.05, 3.63) is 35.4 Å². The van der Waals surface area contributed by atoms with E-state index in [2.05, 4.69) is 15.3 Å². The summed E-state index contributed by atoms with van der Waals surface area (Å²) >= 11 is 1.59. The van der Waals surface area contributed by atoms with E-state index >= 15 is 0 Å². The summed E-state index contributed by atoms with van der Waals surface area (Å²) in [6, 6.07) is 0. The van der Waals surface area contributed by atoms with E-state index in [1.807, 2.05) is 22.2 Å². The van der Waals surface area contributed by atoms with E-state index in [0.29, 0.717) is 12.2 Å². The van der Waals surface area contributed by atoms with Crippen LogP contribution >= 0.6 is 11.3 Å². The lowest BCUT2D eigenvalue weighted by atomic mass is 10.4. The smallest absolute Gasteiger partial charge is 0.193 e. The van der Waals surface area contributed by atoms with Gasteiger partial charge in [0.1, 0.15) is 5.69 Å². The average molecular weight is 235 g/mol. The zero-order valence-electron chi connectivity index (χ0n) is 8.32. The molecule has 0 unspecified atom stereocenters. The molecule has 0 aromatic carbocycles. The maximum absolute atomic E-state index is 8.86. The highest BCUT2D eigenvalue weighted by Gasteiger charge is 2.05. The summed E-state index contributed by atoms with van der Waals surface area (Å²) in [4.78, 5) is 5.40. The van der Waals surface area contributed by atoms with E-state index < -0.39 is 0 Å². The second-order valence-electron chi connectivity index (χ2n) is 3.39. The molecule has 0 atom stereocenters. The molecular weight excluding hydrogens is 226 g/mol. The van der Waals surface area contributed by atoms with E-state index in [1.165, 1.54) is 0 Å². The van der Waals surface area contributed by atoms with Crippen LogP contribution in [0.3, 0.4) is 0 Å². The van der Waals surface area contributed by atoms with Gasteiger partial charge in [-0.3, -0.25) is 4.40 Å². The first-order chi connectivity index (χ1) is 7.85. The van der Waals surface area contributed by atoms with Crippen molar-refractivity contribution in [3.63, 3.8) is 0 Å². The highest BCUT2D eigenvalue weighted by Crippen LogP contribution is 2.11. The summed E-state index contributed by atoms with van der Waals surface area (Å²) in [5, 5.41) is 18.6. The summed E-state index contributed by atoms with van der Waals surface area (Å²) in [6.07, 6.45) is 5.65. The molecule has 0 amide bonds. The van der Waals surface area contributed by atoms with Crippen LogP contribution in [0, 0.1) is 0 Å². The number of imidazole rings is 1. The number of aliphatic hydroxyl groups excluding tert-OH is 1. The fraction of sp³-hybridized carbons (Fsp3) is 0.222. The fourth-order valence-corrected chi connectivity index (χ4v) is 2.23. The Labute approximate surface area is 94.8 Å². The SMILES string of the molecule is OCc1cn(Cc2cn3ccsc3n2)nn1. The second kappa shape index (κ2) is 3.69. The quantitative estimate of drug-likeness (QED) is 0.719. The van der Waals surface area contributed by atoms with Gasteiger partial charge in [0.2, 0.25) is 0 Å². The fourth-order valence-electron chi connectivity index (χ4n) is 1.51. The topological polar surface area (TPSA) is 68.2 Å². The maximum Gasteiger partial charge on any atom is 0.193 e. The van der Waals surface area contributed by atoms with Gasteiger partial charge in [-0.05, 0) is 0 Å². The first-order valence-corrected chi connectivity index (χ1v) is 5.64. The minimum atomic E-state index is -0.0850. The molecule has 16 heavy (non-hydrogen) atoms. The first kappa shape index (κ1) is 9.49. The molecule has 0 aliphatic rings. The molecule has 0 saturated carbocycles. The number of fused-ring (bicyclic) bond motifs is 1. The molecule has 0 fully saturated rings. The molecule has 0 spiro atoms. The molecule has 1 N–H and O–H groups in total. The number of rotatable bonds is 3. The van der Waals surface area contributed by atoms with Gasteiger partial charge in [-0.15, -0.1) is 16.4 Å². The summed E-state index contributed by atoms with van der Waals surface area (Å²) in [5.74, 6) is 0. The first-order valence-electron chi connectivity index (χ1n) is 4.76. The number of aromatic nitrogens is 5. The summed E-state index contributed by atoms with van der Waals surface area (Å²) in [6.45, 7) is 0.486. The van der Waals surface area contributed by atoms with Crippen molar-refractivity contribution in [1.82, 2.24) is 24.4 Å². The third kappa shape index (κ3) is 1.59. The Morgan fingerprint density at radius 1 is 1.31 bits per heavy atom. The van der Waals surface area contributed by atoms with Crippen LogP contribution in [0.15, 0.2) is 24.0 Å². The standard InChI is InChI=1S/C9H9N5OS/c15-6-8-5-14(12-11-8)4-7-3-13-1-2-16-9(13)10-7/h1-3,5,15H,4,6H2. The van der Waals surface area contributed by atoms with Gasteiger partial charge in [-0.2, -0.15) is 0 Å². The molecule has 3 heterocycles. The van der Waals surface area contributed by atoms with Crippen LogP contribution in [0.2, 0.25) is 0 Å². The van der Waals surface area contributed by atoms with Gasteiger partial charge in [0.25, 0.3) is 0 Å². The summed E-state index contributed by atoms with van der Waals surface area (Å²) in [5.41, 5.74) is 1.50. The van der Waals surface area contributed by atoms with E-state index in [1.54, 1.807) is 22.2 Å². The monoisotopic (exact) mass is 235 g/mol. The lowest BCUT2D eigenvalue weighted by Gasteiger charge is -1.93. The van der Waals surface area contributed by atoms with E-state index in [9.17, 15) is 0 Å². The van der Waals surface area contributed by atoms with E-state index in [4.69, 9.17) is 5.11 Å². The molecule has 0 radical (unpaired) electrons. The highest BCUT2D eigenvalue weighted by molar-refractivity contribution is 7.15. The predicted molar refractivity (Wildman–Crippen MR) is 58.1 cm³/mol. The largest absolute Gasteiger partial charge is 0.390 e. The highest BCUT2D eigenvalue weighted by atomic mass is 32.1. The number of nitrogens with zero attached hydrogens (tertiary/aromatic N) is 5. The van der Waals surface area contributed by atoms with Crippen molar-refractivity contribution in [2.45, 2.75) is 13.2 Å². The minimum Gasteiger partial charge on any atom is -0.390 e. The lowest BCUT2D eigenvalue weighted by molar-refractivity contribution is 0.276. The molecule has 3 aromatic heterocycles. The van der Waals surface area contributed by atoms with Crippen LogP contribution in [-0.4, -0.2) is 29.5 Å². The summed E-state index contributed by atoms with van der Waals surface area (Å²) < 4.78 is 3.64. The number of thiazole rings is 1. The Morgan fingerprint density at radius 3 is 3.00 bits per heavy atom. The molecule has 0 aliphatic heterocycles. The van der Waals surface area contributed by atoms with Crippen LogP contribution < -0.4 is 0 Å². The third-order valence-electron chi connectivity index (χ3n) is 2.22. The van der Waals surface area contributed by atoms with Gasteiger partial charge in [-0.1, -0.05) is 5.21 Å². The van der Waals surface area contributed by atoms with E-state index in [0.717, 1.165) is 10.7 Å². The normalized spacial score (nSPS) is 11.3. The summed E-state index contributed by atoms with van der Waals surface area (Å²) in [7, 11) is 0. The van der Waals surface area contributed by atoms with Crippen LogP contribution in [0.25, 0.3) is 4.96 Å². The molecule has 0 aliphatic carbocycles. The van der Waals surface area contributed by atoms with Gasteiger partial charge in [0, 0.05) is 17.8 Å². The Hall–Kier alpha value is -1.73. The predicted octanol–water partition coefficient (Wildman–Crippen LogP) is 0.528. The lowest BCUT2D eigenvalue weighted by Crippen LogP contribution is -2.00. The number of aliphatic hydroxyl groups is 1. The molecule has 3 rings (SSSR count). The maximum atomic E-state index is 8.86. The van der Waals surface area contributed by atoms with Crippen LogP contribution in [0.5, 0.6) is 0 Å². The Bertz CT molecular complexity index is 582. The molecule has 7 heteroatoms. The van der Waals surface area contributed by atoms with Crippen molar-refractivity contribution in [1.29, 1.82) is 0 Å². The Kier molecular flexibility index (Phi) is 2.19. The van der Waals surface area contributed by atoms with Gasteiger partial charge in [0.05, 0.1) is 25.0 Å². The van der Waals surface area contributed by atoms with Crippen LogP contribution in [-0.2, 0) is 13.2 Å². The van der Waals surface area contributed by atoms with Crippen LogP contribution in [0.1, 0.15) is 11.4 Å².